The van der Waals surface area contributed by atoms with Gasteiger partial charge in [-0.05, 0) is 116 Å². The standard InChI is InChI=1S/C24H25NO2.C24H27N.CO2/c26-16-27-19-12-13-21-22(15-19)25-14-6-10-17-7-4-5-11-20(17)24(25)23(21)18-8-2-1-3-9-18;1-17-13-14-21-22(16-17)25-15-7-11-18-8-5-6-12-20(18)24(25)23(21)19-9-3-2-4-10-19;2-1-3/h4-5,7,11-13,15-16,18H,1-3,6,8-10,14H2;5-6,8,12-14,16,19H,2-4,7,9-11,15H2,1H3;. The highest BCUT2D eigenvalue weighted by molar-refractivity contribution is 5.95. The Morgan fingerprint density at radius 1 is 0.600 bits per heavy atom. The van der Waals surface area contributed by atoms with Crippen LogP contribution in [-0.2, 0) is 40.3 Å². The van der Waals surface area contributed by atoms with Gasteiger partial charge in [0, 0.05) is 46.6 Å². The Morgan fingerprint density at radius 3 is 1.58 bits per heavy atom. The number of fused-ring (bicyclic) bond motifs is 10. The fourth-order valence-corrected chi connectivity index (χ4v) is 10.4. The lowest BCUT2D eigenvalue weighted by atomic mass is 9.81. The van der Waals surface area contributed by atoms with Gasteiger partial charge in [-0.25, -0.2) is 0 Å². The van der Waals surface area contributed by atoms with Crippen molar-refractivity contribution in [2.24, 2.45) is 0 Å². The zero-order valence-electron chi connectivity index (χ0n) is 32.2. The highest BCUT2D eigenvalue weighted by atomic mass is 16.5. The lowest BCUT2D eigenvalue weighted by Crippen LogP contribution is -2.06. The van der Waals surface area contributed by atoms with Crippen molar-refractivity contribution in [1.82, 2.24) is 9.13 Å². The van der Waals surface area contributed by atoms with Crippen LogP contribution in [0.15, 0.2) is 84.9 Å². The maximum Gasteiger partial charge on any atom is 0.373 e. The first-order valence-electron chi connectivity index (χ1n) is 20.7. The summed E-state index contributed by atoms with van der Waals surface area (Å²) in [4.78, 5) is 27.1. The summed E-state index contributed by atoms with van der Waals surface area (Å²) in [6, 6.07) is 31.3. The molecule has 0 N–H and O–H groups in total. The topological polar surface area (TPSA) is 70.3 Å². The molecular formula is C49H52N2O4. The van der Waals surface area contributed by atoms with Gasteiger partial charge in [-0.2, -0.15) is 9.59 Å². The van der Waals surface area contributed by atoms with Crippen molar-refractivity contribution in [2.75, 3.05) is 0 Å². The van der Waals surface area contributed by atoms with Gasteiger partial charge < -0.3 is 13.9 Å². The number of nitrogens with zero attached hydrogens (tertiary/aromatic N) is 2. The van der Waals surface area contributed by atoms with Crippen molar-refractivity contribution >= 4 is 34.4 Å². The first kappa shape index (κ1) is 36.8. The average molecular weight is 733 g/mol. The van der Waals surface area contributed by atoms with Gasteiger partial charge in [0.2, 0.25) is 0 Å². The molecule has 10 rings (SSSR count). The Balaban J connectivity index is 0.000000146. The van der Waals surface area contributed by atoms with Crippen LogP contribution < -0.4 is 4.74 Å². The van der Waals surface area contributed by atoms with Crippen molar-refractivity contribution in [1.29, 1.82) is 0 Å². The molecule has 4 aliphatic rings. The summed E-state index contributed by atoms with van der Waals surface area (Å²) in [6.45, 7) is 4.91. The van der Waals surface area contributed by atoms with Gasteiger partial charge in [-0.1, -0.05) is 99.2 Å². The molecule has 0 saturated heterocycles. The van der Waals surface area contributed by atoms with E-state index in [0.29, 0.717) is 18.1 Å². The quantitative estimate of drug-likeness (QED) is 0.169. The summed E-state index contributed by atoms with van der Waals surface area (Å²) >= 11 is 0. The van der Waals surface area contributed by atoms with Gasteiger partial charge in [-0.3, -0.25) is 4.79 Å². The van der Waals surface area contributed by atoms with E-state index in [-0.39, 0.29) is 6.15 Å². The molecule has 0 radical (unpaired) electrons. The lowest BCUT2D eigenvalue weighted by Gasteiger charge is -2.24. The number of aryl methyl sites for hydroxylation is 5. The molecule has 2 aromatic heterocycles. The minimum Gasteiger partial charge on any atom is -0.429 e. The summed E-state index contributed by atoms with van der Waals surface area (Å²) in [6.07, 6.45) is 18.4. The maximum atomic E-state index is 10.8. The van der Waals surface area contributed by atoms with E-state index in [2.05, 4.69) is 88.9 Å². The second-order valence-corrected chi connectivity index (χ2v) is 16.0. The normalized spacial score (nSPS) is 16.7. The molecule has 0 amide bonds. The summed E-state index contributed by atoms with van der Waals surface area (Å²) in [5.41, 5.74) is 16.1. The molecule has 4 heterocycles. The van der Waals surface area contributed by atoms with Gasteiger partial charge >= 0.3 is 6.15 Å². The SMILES string of the molecule is Cc1ccc2c(C3CCCCC3)c3n(c2c1)CCCc1ccccc1-3.O=C=O.O=COc1ccc2c(C3CCCCC3)c3n(c2c1)CCCc1ccccc1-3. The smallest absolute Gasteiger partial charge is 0.373 e. The predicted molar refractivity (Wildman–Crippen MR) is 219 cm³/mol. The van der Waals surface area contributed by atoms with E-state index in [4.69, 9.17) is 14.3 Å². The molecule has 6 heteroatoms. The van der Waals surface area contributed by atoms with E-state index >= 15 is 0 Å². The number of aromatic nitrogens is 2. The molecular weight excluding hydrogens is 681 g/mol. The van der Waals surface area contributed by atoms with Gasteiger partial charge in [0.15, 0.2) is 0 Å². The van der Waals surface area contributed by atoms with E-state index in [9.17, 15) is 4.79 Å². The average Bonchev–Trinajstić information content (AvgIpc) is 3.53. The maximum absolute atomic E-state index is 10.8. The van der Waals surface area contributed by atoms with Crippen LogP contribution in [0.25, 0.3) is 44.3 Å². The van der Waals surface area contributed by atoms with Gasteiger partial charge in [-0.15, -0.1) is 0 Å². The lowest BCUT2D eigenvalue weighted by molar-refractivity contribution is -0.191. The van der Waals surface area contributed by atoms with Crippen molar-refractivity contribution in [2.45, 2.75) is 122 Å². The number of rotatable bonds is 4. The second kappa shape index (κ2) is 16.7. The van der Waals surface area contributed by atoms with Crippen LogP contribution in [0.5, 0.6) is 5.75 Å². The molecule has 2 saturated carbocycles. The Hall–Kier alpha value is -5.19. The molecule has 2 fully saturated rings. The summed E-state index contributed by atoms with van der Waals surface area (Å²) < 4.78 is 10.3. The zero-order chi connectivity index (χ0) is 37.7. The first-order valence-corrected chi connectivity index (χ1v) is 20.7. The van der Waals surface area contributed by atoms with Gasteiger partial charge in [0.1, 0.15) is 5.75 Å². The molecule has 0 bridgehead atoms. The summed E-state index contributed by atoms with van der Waals surface area (Å²) in [5.74, 6) is 1.99. The minimum atomic E-state index is 0.250. The molecule has 282 valence electrons. The van der Waals surface area contributed by atoms with E-state index in [0.717, 1.165) is 31.8 Å². The fraction of sp³-hybridized carbons (Fsp3) is 0.388. The van der Waals surface area contributed by atoms with Gasteiger partial charge in [0.05, 0.1) is 16.9 Å². The van der Waals surface area contributed by atoms with Crippen LogP contribution in [0.1, 0.15) is 117 Å². The van der Waals surface area contributed by atoms with E-state index < -0.39 is 0 Å². The number of hydrogen-bond donors (Lipinski definition) is 0. The summed E-state index contributed by atoms with van der Waals surface area (Å²) in [5, 5.41) is 2.86. The zero-order valence-corrected chi connectivity index (χ0v) is 32.2. The Bertz CT molecular complexity index is 2340. The molecule has 0 atom stereocenters. The molecule has 6 nitrogen and oxygen atoms in total. The molecule has 2 aliphatic heterocycles. The number of hydrogen-bond acceptors (Lipinski definition) is 4. The Kier molecular flexibility index (Phi) is 11.1. The number of carbonyl (C=O) groups excluding carboxylic acids is 3. The van der Waals surface area contributed by atoms with Crippen LogP contribution in [0.3, 0.4) is 0 Å². The minimum absolute atomic E-state index is 0.250. The number of benzene rings is 4. The van der Waals surface area contributed by atoms with Gasteiger partial charge in [0.25, 0.3) is 6.47 Å². The third kappa shape index (κ3) is 7.21. The Morgan fingerprint density at radius 2 is 1.07 bits per heavy atom. The van der Waals surface area contributed by atoms with Crippen LogP contribution >= 0.6 is 0 Å². The van der Waals surface area contributed by atoms with Crippen molar-refractivity contribution in [3.63, 3.8) is 0 Å². The Labute approximate surface area is 324 Å². The third-order valence-electron chi connectivity index (χ3n) is 12.7. The van der Waals surface area contributed by atoms with Crippen molar-refractivity contribution in [3.8, 4) is 28.3 Å². The third-order valence-corrected chi connectivity index (χ3v) is 12.7. The second-order valence-electron chi connectivity index (χ2n) is 16.0. The van der Waals surface area contributed by atoms with Crippen LogP contribution in [-0.4, -0.2) is 21.8 Å². The highest BCUT2D eigenvalue weighted by Crippen LogP contribution is 2.48. The molecule has 0 unspecified atom stereocenters. The van der Waals surface area contributed by atoms with Crippen molar-refractivity contribution < 1.29 is 19.1 Å². The van der Waals surface area contributed by atoms with Crippen LogP contribution in [0.4, 0.5) is 0 Å². The number of carbonyl (C=O) groups is 1. The van der Waals surface area contributed by atoms with Crippen LogP contribution in [0, 0.1) is 6.92 Å². The van der Waals surface area contributed by atoms with Crippen LogP contribution in [0.2, 0.25) is 0 Å². The monoisotopic (exact) mass is 732 g/mol. The highest BCUT2D eigenvalue weighted by Gasteiger charge is 2.30. The van der Waals surface area contributed by atoms with E-state index in [1.807, 2.05) is 12.1 Å². The molecule has 6 aromatic rings. The summed E-state index contributed by atoms with van der Waals surface area (Å²) in [7, 11) is 0. The fourth-order valence-electron chi connectivity index (χ4n) is 10.4. The largest absolute Gasteiger partial charge is 0.429 e. The van der Waals surface area contributed by atoms with E-state index in [1.54, 1.807) is 11.3 Å². The molecule has 4 aromatic carbocycles. The van der Waals surface area contributed by atoms with Crippen molar-refractivity contribution in [3.05, 3.63) is 113 Å². The number of ether oxygens (including phenoxy) is 1. The molecule has 2 aliphatic carbocycles. The first-order chi connectivity index (χ1) is 27.1. The van der Waals surface area contributed by atoms with E-state index in [1.165, 1.54) is 138 Å². The molecule has 0 spiro atoms. The molecule has 55 heavy (non-hydrogen) atoms. The predicted octanol–water partition coefficient (Wildman–Crippen LogP) is 11.9.